The van der Waals surface area contributed by atoms with E-state index in [0.717, 1.165) is 36.8 Å². The van der Waals surface area contributed by atoms with Gasteiger partial charge in [0, 0.05) is 5.69 Å². The van der Waals surface area contributed by atoms with Crippen molar-refractivity contribution >= 4 is 11.7 Å². The van der Waals surface area contributed by atoms with Crippen LogP contribution in [0.1, 0.15) is 60.0 Å². The summed E-state index contributed by atoms with van der Waals surface area (Å²) in [5, 5.41) is 0. The predicted molar refractivity (Wildman–Crippen MR) is 77.2 cm³/mol. The topological polar surface area (TPSA) is 52.3 Å². The van der Waals surface area contributed by atoms with Gasteiger partial charge in [0.2, 0.25) is 0 Å². The van der Waals surface area contributed by atoms with Crippen LogP contribution in [0, 0.1) is 13.8 Å². The summed E-state index contributed by atoms with van der Waals surface area (Å²) in [4.78, 5) is 12.2. The molecule has 0 radical (unpaired) electrons. The number of carbonyl (C=O) groups is 1. The number of benzene rings is 1. The van der Waals surface area contributed by atoms with E-state index in [9.17, 15) is 4.79 Å². The lowest BCUT2D eigenvalue weighted by Gasteiger charge is -2.17. The van der Waals surface area contributed by atoms with Gasteiger partial charge in [-0.25, -0.2) is 4.79 Å². The molecular weight excluding hydrogens is 238 g/mol. The molecule has 0 aromatic heterocycles. The van der Waals surface area contributed by atoms with E-state index in [1.807, 2.05) is 19.9 Å². The molecule has 1 aliphatic rings. The maximum absolute atomic E-state index is 12.2. The fourth-order valence-corrected chi connectivity index (χ4v) is 2.66. The Morgan fingerprint density at radius 3 is 2.37 bits per heavy atom. The van der Waals surface area contributed by atoms with Crippen molar-refractivity contribution in [2.24, 2.45) is 0 Å². The van der Waals surface area contributed by atoms with Gasteiger partial charge in [0.05, 0.1) is 5.56 Å². The number of aryl methyl sites for hydroxylation is 2. The Morgan fingerprint density at radius 2 is 1.74 bits per heavy atom. The van der Waals surface area contributed by atoms with Crippen LogP contribution in [0.4, 0.5) is 5.69 Å². The van der Waals surface area contributed by atoms with Crippen molar-refractivity contribution in [1.29, 1.82) is 0 Å². The lowest BCUT2D eigenvalue weighted by molar-refractivity contribution is 0.0266. The van der Waals surface area contributed by atoms with Crippen molar-refractivity contribution < 1.29 is 9.53 Å². The third kappa shape index (κ3) is 3.49. The average molecular weight is 261 g/mol. The first-order valence-electron chi connectivity index (χ1n) is 7.15. The average Bonchev–Trinajstić information content (AvgIpc) is 2.62. The van der Waals surface area contributed by atoms with E-state index in [-0.39, 0.29) is 12.1 Å². The maximum atomic E-state index is 12.2. The highest BCUT2D eigenvalue weighted by atomic mass is 16.5. The van der Waals surface area contributed by atoms with Crippen LogP contribution in [0.2, 0.25) is 0 Å². The van der Waals surface area contributed by atoms with Crippen LogP contribution >= 0.6 is 0 Å². The molecule has 3 nitrogen and oxygen atoms in total. The summed E-state index contributed by atoms with van der Waals surface area (Å²) in [6.45, 7) is 3.87. The van der Waals surface area contributed by atoms with Gasteiger partial charge < -0.3 is 10.5 Å². The van der Waals surface area contributed by atoms with Crippen molar-refractivity contribution in [3.8, 4) is 0 Å². The summed E-state index contributed by atoms with van der Waals surface area (Å²) >= 11 is 0. The number of carbonyl (C=O) groups excluding carboxylic acids is 1. The Labute approximate surface area is 115 Å². The zero-order chi connectivity index (χ0) is 13.8. The summed E-state index contributed by atoms with van der Waals surface area (Å²) in [5.41, 5.74) is 9.07. The molecule has 1 fully saturated rings. The Balaban J connectivity index is 2.08. The van der Waals surface area contributed by atoms with Gasteiger partial charge in [0.25, 0.3) is 0 Å². The first-order valence-corrected chi connectivity index (χ1v) is 7.15. The number of esters is 1. The fourth-order valence-electron chi connectivity index (χ4n) is 2.66. The first kappa shape index (κ1) is 13.9. The van der Waals surface area contributed by atoms with E-state index in [2.05, 4.69) is 0 Å². The Bertz CT molecular complexity index is 460. The molecule has 2 rings (SSSR count). The number of nitrogen functional groups attached to an aromatic ring is 1. The number of rotatable bonds is 2. The zero-order valence-electron chi connectivity index (χ0n) is 11.9. The highest BCUT2D eigenvalue weighted by Gasteiger charge is 2.19. The molecule has 104 valence electrons. The number of anilines is 1. The van der Waals surface area contributed by atoms with Gasteiger partial charge in [0.15, 0.2) is 0 Å². The molecule has 0 heterocycles. The van der Waals surface area contributed by atoms with Gasteiger partial charge in [-0.05, 0) is 56.7 Å². The second-order valence-corrected chi connectivity index (χ2v) is 5.54. The van der Waals surface area contributed by atoms with E-state index >= 15 is 0 Å². The minimum atomic E-state index is -0.226. The molecule has 0 spiro atoms. The number of ether oxygens (including phenoxy) is 1. The number of hydrogen-bond acceptors (Lipinski definition) is 3. The van der Waals surface area contributed by atoms with Crippen molar-refractivity contribution in [3.63, 3.8) is 0 Å². The van der Waals surface area contributed by atoms with E-state index in [1.54, 1.807) is 6.07 Å². The molecule has 2 N–H and O–H groups in total. The highest BCUT2D eigenvalue weighted by Crippen LogP contribution is 2.23. The number of hydrogen-bond donors (Lipinski definition) is 1. The van der Waals surface area contributed by atoms with Gasteiger partial charge in [-0.3, -0.25) is 0 Å². The van der Waals surface area contributed by atoms with Crippen LogP contribution in [-0.2, 0) is 4.74 Å². The van der Waals surface area contributed by atoms with Crippen LogP contribution in [0.3, 0.4) is 0 Å². The van der Waals surface area contributed by atoms with Gasteiger partial charge in [-0.2, -0.15) is 0 Å². The maximum Gasteiger partial charge on any atom is 0.338 e. The van der Waals surface area contributed by atoms with Gasteiger partial charge in [0.1, 0.15) is 6.10 Å². The molecule has 1 saturated carbocycles. The van der Waals surface area contributed by atoms with E-state index in [0.29, 0.717) is 11.3 Å². The van der Waals surface area contributed by atoms with Gasteiger partial charge in [-0.15, -0.1) is 0 Å². The molecule has 0 aliphatic heterocycles. The van der Waals surface area contributed by atoms with E-state index in [1.165, 1.54) is 12.8 Å². The molecule has 0 amide bonds. The second-order valence-electron chi connectivity index (χ2n) is 5.54. The standard InChI is InChI=1S/C16H23NO2/c1-11-9-12(2)15(17)10-14(11)16(18)19-13-7-5-3-4-6-8-13/h9-10,13H,3-8,17H2,1-2H3. The number of nitrogens with two attached hydrogens (primary N) is 1. The SMILES string of the molecule is Cc1cc(C)c(C(=O)OC2CCCCCC2)cc1N. The summed E-state index contributed by atoms with van der Waals surface area (Å²) in [7, 11) is 0. The van der Waals surface area contributed by atoms with E-state index < -0.39 is 0 Å². The molecule has 1 aliphatic carbocycles. The molecule has 3 heteroatoms. The molecule has 1 aromatic carbocycles. The van der Waals surface area contributed by atoms with Crippen LogP contribution < -0.4 is 5.73 Å². The molecule has 1 aromatic rings. The molecule has 0 unspecified atom stereocenters. The summed E-state index contributed by atoms with van der Waals surface area (Å²) < 4.78 is 5.64. The van der Waals surface area contributed by atoms with Crippen LogP contribution in [0.5, 0.6) is 0 Å². The third-order valence-electron chi connectivity index (χ3n) is 3.91. The molecular formula is C16H23NO2. The zero-order valence-corrected chi connectivity index (χ0v) is 11.9. The van der Waals surface area contributed by atoms with Crippen LogP contribution in [0.15, 0.2) is 12.1 Å². The Morgan fingerprint density at radius 1 is 1.11 bits per heavy atom. The van der Waals surface area contributed by atoms with Crippen molar-refractivity contribution in [2.45, 2.75) is 58.5 Å². The largest absolute Gasteiger partial charge is 0.459 e. The van der Waals surface area contributed by atoms with Gasteiger partial charge in [-0.1, -0.05) is 18.9 Å². The second kappa shape index (κ2) is 6.09. The lowest BCUT2D eigenvalue weighted by Crippen LogP contribution is -2.18. The monoisotopic (exact) mass is 261 g/mol. The molecule has 19 heavy (non-hydrogen) atoms. The van der Waals surface area contributed by atoms with Crippen LogP contribution in [-0.4, -0.2) is 12.1 Å². The predicted octanol–water partition coefficient (Wildman–Crippen LogP) is 3.77. The molecule has 0 bridgehead atoms. The quantitative estimate of drug-likeness (QED) is 0.501. The Hall–Kier alpha value is -1.51. The Kier molecular flexibility index (Phi) is 4.46. The van der Waals surface area contributed by atoms with Crippen LogP contribution in [0.25, 0.3) is 0 Å². The highest BCUT2D eigenvalue weighted by molar-refractivity contribution is 5.92. The molecule has 0 saturated heterocycles. The van der Waals surface area contributed by atoms with Crippen molar-refractivity contribution in [3.05, 3.63) is 28.8 Å². The fraction of sp³-hybridized carbons (Fsp3) is 0.562. The smallest absolute Gasteiger partial charge is 0.338 e. The molecule has 0 atom stereocenters. The van der Waals surface area contributed by atoms with Gasteiger partial charge >= 0.3 is 5.97 Å². The van der Waals surface area contributed by atoms with Crippen molar-refractivity contribution in [1.82, 2.24) is 0 Å². The first-order chi connectivity index (χ1) is 9.08. The van der Waals surface area contributed by atoms with E-state index in [4.69, 9.17) is 10.5 Å². The summed E-state index contributed by atoms with van der Waals surface area (Å²) in [5.74, 6) is -0.226. The van der Waals surface area contributed by atoms with Crippen molar-refractivity contribution in [2.75, 3.05) is 5.73 Å². The normalized spacial score (nSPS) is 16.9. The summed E-state index contributed by atoms with van der Waals surface area (Å²) in [6.07, 6.45) is 6.89. The minimum absolute atomic E-state index is 0.0805. The lowest BCUT2D eigenvalue weighted by atomic mass is 10.0. The summed E-state index contributed by atoms with van der Waals surface area (Å²) in [6, 6.07) is 3.68. The third-order valence-corrected chi connectivity index (χ3v) is 3.91. The minimum Gasteiger partial charge on any atom is -0.459 e.